The van der Waals surface area contributed by atoms with Gasteiger partial charge in [0, 0.05) is 16.5 Å². The molecule has 31 heavy (non-hydrogen) atoms. The number of nitrogens with two attached hydrogens (primary N) is 1. The summed E-state index contributed by atoms with van der Waals surface area (Å²) in [6, 6.07) is 10.6. The summed E-state index contributed by atoms with van der Waals surface area (Å²) in [6.45, 7) is 3.39. The van der Waals surface area contributed by atoms with E-state index >= 15 is 0 Å². The molecule has 0 amide bonds. The molecular formula is C23H21N3O5. The van der Waals surface area contributed by atoms with E-state index in [1.54, 1.807) is 17.6 Å². The highest BCUT2D eigenvalue weighted by Crippen LogP contribution is 2.41. The number of carbonyl (C=O) groups excluding carboxylic acids is 2. The molecule has 2 aliphatic heterocycles. The Kier molecular flexibility index (Phi) is 4.23. The number of benzene rings is 1. The van der Waals surface area contributed by atoms with Crippen molar-refractivity contribution in [2.45, 2.75) is 45.1 Å². The molecule has 8 nitrogen and oxygen atoms in total. The Hall–Kier alpha value is -3.52. The van der Waals surface area contributed by atoms with Gasteiger partial charge in [-0.3, -0.25) is 9.59 Å². The molecular weight excluding hydrogens is 398 g/mol. The van der Waals surface area contributed by atoms with Crippen LogP contribution in [0.25, 0.3) is 22.3 Å². The third-order valence-electron chi connectivity index (χ3n) is 6.03. The Morgan fingerprint density at radius 2 is 2.10 bits per heavy atom. The fourth-order valence-corrected chi connectivity index (χ4v) is 4.35. The maximum atomic E-state index is 13.4. The Morgan fingerprint density at radius 3 is 2.84 bits per heavy atom. The zero-order valence-electron chi connectivity index (χ0n) is 17.2. The Balaban J connectivity index is 1.75. The van der Waals surface area contributed by atoms with Crippen LogP contribution in [0.2, 0.25) is 0 Å². The van der Waals surface area contributed by atoms with Gasteiger partial charge in [0.2, 0.25) is 5.60 Å². The smallest absolute Gasteiger partial charge is 0.355 e. The molecule has 5 rings (SSSR count). The van der Waals surface area contributed by atoms with Crippen molar-refractivity contribution in [2.24, 2.45) is 5.73 Å². The van der Waals surface area contributed by atoms with Crippen LogP contribution in [-0.2, 0) is 37.8 Å². The number of aromatic nitrogens is 2. The Labute approximate surface area is 177 Å². The van der Waals surface area contributed by atoms with Gasteiger partial charge in [0.25, 0.3) is 5.56 Å². The van der Waals surface area contributed by atoms with E-state index in [9.17, 15) is 14.4 Å². The van der Waals surface area contributed by atoms with E-state index in [-0.39, 0.29) is 18.6 Å². The summed E-state index contributed by atoms with van der Waals surface area (Å²) in [5.74, 6) is -1.44. The number of carbonyl (C=O) groups is 2. The minimum atomic E-state index is -1.72. The number of para-hydroxylation sites is 1. The van der Waals surface area contributed by atoms with Crippen LogP contribution in [0, 0.1) is 0 Å². The molecule has 8 heteroatoms. The second-order valence-corrected chi connectivity index (χ2v) is 7.97. The number of esters is 2. The van der Waals surface area contributed by atoms with Gasteiger partial charge in [-0.2, -0.15) is 0 Å². The number of rotatable bonds is 3. The van der Waals surface area contributed by atoms with Crippen LogP contribution < -0.4 is 11.3 Å². The number of pyridine rings is 2. The van der Waals surface area contributed by atoms with Gasteiger partial charge in [-0.15, -0.1) is 0 Å². The zero-order chi connectivity index (χ0) is 21.9. The Bertz CT molecular complexity index is 1330. The summed E-state index contributed by atoms with van der Waals surface area (Å²) in [5, 5.41) is 0.985. The minimum Gasteiger partial charge on any atom is -0.457 e. The standard InChI is InChI=1S/C23H21N3O5/c1-3-23(31-21(28)12(2)24)16-9-18-19-14(8-13-6-4-5-7-17(13)25-19)10-26(18)20(27)15(16)11-30-22(23)29/h4-9,12H,3,10-11,24H2,1-2H3/t12?,23-/m0/s1. The average molecular weight is 419 g/mol. The van der Waals surface area contributed by atoms with Crippen molar-refractivity contribution in [2.75, 3.05) is 0 Å². The molecule has 0 spiro atoms. The SMILES string of the molecule is CC[C@@]1(OC(=O)C(C)N)C(=O)OCc2c1cc1n(c2=O)Cc2cc3ccccc3nc2-1. The van der Waals surface area contributed by atoms with Gasteiger partial charge in [-0.1, -0.05) is 25.1 Å². The first-order valence-electron chi connectivity index (χ1n) is 10.2. The van der Waals surface area contributed by atoms with Gasteiger partial charge >= 0.3 is 11.9 Å². The monoisotopic (exact) mass is 419 g/mol. The molecule has 3 aromatic rings. The maximum Gasteiger partial charge on any atom is 0.355 e. The molecule has 1 aromatic carbocycles. The van der Waals surface area contributed by atoms with Gasteiger partial charge in [0.05, 0.1) is 29.0 Å². The normalized spacial score (nSPS) is 19.9. The van der Waals surface area contributed by atoms with Crippen molar-refractivity contribution in [3.8, 4) is 11.4 Å². The second kappa shape index (κ2) is 6.75. The van der Waals surface area contributed by atoms with Crippen molar-refractivity contribution < 1.29 is 19.1 Å². The zero-order valence-corrected chi connectivity index (χ0v) is 17.2. The molecule has 1 unspecified atom stereocenters. The van der Waals surface area contributed by atoms with E-state index in [0.717, 1.165) is 16.5 Å². The molecule has 2 aromatic heterocycles. The van der Waals surface area contributed by atoms with Crippen LogP contribution in [0.3, 0.4) is 0 Å². The van der Waals surface area contributed by atoms with Crippen LogP contribution >= 0.6 is 0 Å². The second-order valence-electron chi connectivity index (χ2n) is 7.97. The van der Waals surface area contributed by atoms with Crippen molar-refractivity contribution in [3.05, 3.63) is 63.4 Å². The van der Waals surface area contributed by atoms with Gasteiger partial charge in [0.15, 0.2) is 0 Å². The van der Waals surface area contributed by atoms with Gasteiger partial charge in [-0.25, -0.2) is 9.78 Å². The lowest BCUT2D eigenvalue weighted by molar-refractivity contribution is -0.190. The highest BCUT2D eigenvalue weighted by atomic mass is 16.6. The van der Waals surface area contributed by atoms with Gasteiger partial charge in [-0.05, 0) is 31.5 Å². The quantitative estimate of drug-likeness (QED) is 0.505. The molecule has 0 saturated heterocycles. The molecule has 4 heterocycles. The van der Waals surface area contributed by atoms with E-state index in [0.29, 0.717) is 29.1 Å². The number of fused-ring (bicyclic) bond motifs is 5. The molecule has 0 radical (unpaired) electrons. The highest BCUT2D eigenvalue weighted by molar-refractivity contribution is 5.89. The van der Waals surface area contributed by atoms with Gasteiger partial charge < -0.3 is 19.8 Å². The summed E-state index contributed by atoms with van der Waals surface area (Å²) >= 11 is 0. The summed E-state index contributed by atoms with van der Waals surface area (Å²) in [7, 11) is 0. The topological polar surface area (TPSA) is 114 Å². The third-order valence-corrected chi connectivity index (χ3v) is 6.03. The summed E-state index contributed by atoms with van der Waals surface area (Å²) in [5.41, 5.74) is 7.32. The Morgan fingerprint density at radius 1 is 1.32 bits per heavy atom. The van der Waals surface area contributed by atoms with E-state index in [4.69, 9.17) is 20.2 Å². The average Bonchev–Trinajstić information content (AvgIpc) is 3.12. The van der Waals surface area contributed by atoms with Crippen LogP contribution in [0.1, 0.15) is 37.0 Å². The fourth-order valence-electron chi connectivity index (χ4n) is 4.35. The summed E-state index contributed by atoms with van der Waals surface area (Å²) in [4.78, 5) is 43.3. The van der Waals surface area contributed by atoms with Crippen LogP contribution in [0.4, 0.5) is 0 Å². The molecule has 0 saturated carbocycles. The van der Waals surface area contributed by atoms with Crippen LogP contribution in [0.5, 0.6) is 0 Å². The van der Waals surface area contributed by atoms with E-state index in [1.165, 1.54) is 6.92 Å². The molecule has 0 fully saturated rings. The van der Waals surface area contributed by atoms with Crippen molar-refractivity contribution in [1.82, 2.24) is 9.55 Å². The predicted octanol–water partition coefficient (Wildman–Crippen LogP) is 1.98. The summed E-state index contributed by atoms with van der Waals surface area (Å²) < 4.78 is 12.5. The minimum absolute atomic E-state index is 0.109. The first-order valence-corrected chi connectivity index (χ1v) is 10.2. The summed E-state index contributed by atoms with van der Waals surface area (Å²) in [6.07, 6.45) is 0.109. The van der Waals surface area contributed by atoms with Crippen molar-refractivity contribution >= 4 is 22.8 Å². The number of hydrogen-bond acceptors (Lipinski definition) is 7. The molecule has 2 atom stereocenters. The van der Waals surface area contributed by atoms with Crippen LogP contribution in [0.15, 0.2) is 41.2 Å². The molecule has 2 aliphatic rings. The number of hydrogen-bond donors (Lipinski definition) is 1. The fraction of sp³-hybridized carbons (Fsp3) is 0.304. The molecule has 0 aliphatic carbocycles. The van der Waals surface area contributed by atoms with E-state index in [2.05, 4.69) is 0 Å². The van der Waals surface area contributed by atoms with E-state index < -0.39 is 23.6 Å². The maximum absolute atomic E-state index is 13.4. The largest absolute Gasteiger partial charge is 0.457 e. The first kappa shape index (κ1) is 19.4. The molecule has 0 bridgehead atoms. The highest BCUT2D eigenvalue weighted by Gasteiger charge is 2.50. The van der Waals surface area contributed by atoms with Crippen LogP contribution in [-0.4, -0.2) is 27.5 Å². The van der Waals surface area contributed by atoms with Crippen molar-refractivity contribution in [1.29, 1.82) is 0 Å². The van der Waals surface area contributed by atoms with Crippen molar-refractivity contribution in [3.63, 3.8) is 0 Å². The molecule has 158 valence electrons. The predicted molar refractivity (Wildman–Crippen MR) is 112 cm³/mol. The van der Waals surface area contributed by atoms with E-state index in [1.807, 2.05) is 30.3 Å². The lowest BCUT2D eigenvalue weighted by atomic mass is 9.85. The molecule has 2 N–H and O–H groups in total. The number of nitrogens with zero attached hydrogens (tertiary/aromatic N) is 2. The number of ether oxygens (including phenoxy) is 2. The first-order chi connectivity index (χ1) is 14.9. The third kappa shape index (κ3) is 2.71. The lowest BCUT2D eigenvalue weighted by Crippen LogP contribution is -2.49. The number of cyclic esters (lactones) is 1. The van der Waals surface area contributed by atoms with Gasteiger partial charge in [0.1, 0.15) is 12.6 Å². The lowest BCUT2D eigenvalue weighted by Gasteiger charge is -2.36.